The van der Waals surface area contributed by atoms with E-state index in [-0.39, 0.29) is 6.04 Å². The van der Waals surface area contributed by atoms with E-state index < -0.39 is 18.0 Å². The molecule has 0 spiro atoms. The van der Waals surface area contributed by atoms with Gasteiger partial charge in [-0.05, 0) is 18.9 Å². The number of urea groups is 1. The summed E-state index contributed by atoms with van der Waals surface area (Å²) < 4.78 is 0. The third kappa shape index (κ3) is 4.08. The van der Waals surface area contributed by atoms with Crippen LogP contribution in [0.25, 0.3) is 0 Å². The fourth-order valence-corrected chi connectivity index (χ4v) is 1.43. The molecule has 0 heterocycles. The van der Waals surface area contributed by atoms with Crippen LogP contribution in [-0.4, -0.2) is 23.1 Å². The van der Waals surface area contributed by atoms with Crippen molar-refractivity contribution in [3.8, 4) is 0 Å². The van der Waals surface area contributed by atoms with Gasteiger partial charge in [-0.1, -0.05) is 37.3 Å². The van der Waals surface area contributed by atoms with Crippen molar-refractivity contribution in [2.75, 3.05) is 0 Å². The Morgan fingerprint density at radius 1 is 1.22 bits per heavy atom. The van der Waals surface area contributed by atoms with Gasteiger partial charge in [0.05, 0.1) is 0 Å². The van der Waals surface area contributed by atoms with E-state index in [4.69, 9.17) is 5.11 Å². The van der Waals surface area contributed by atoms with Crippen LogP contribution in [0, 0.1) is 0 Å². The maximum absolute atomic E-state index is 11.6. The predicted molar refractivity (Wildman–Crippen MR) is 68.2 cm³/mol. The van der Waals surface area contributed by atoms with Crippen molar-refractivity contribution in [2.45, 2.75) is 32.4 Å². The number of benzene rings is 1. The van der Waals surface area contributed by atoms with Gasteiger partial charge in [0, 0.05) is 6.04 Å². The monoisotopic (exact) mass is 250 g/mol. The molecule has 5 nitrogen and oxygen atoms in total. The Bertz CT molecular complexity index is 406. The third-order valence-corrected chi connectivity index (χ3v) is 2.65. The van der Waals surface area contributed by atoms with E-state index in [1.54, 1.807) is 30.3 Å². The number of aliphatic carboxylic acids is 1. The molecule has 0 aliphatic carbocycles. The van der Waals surface area contributed by atoms with Crippen LogP contribution in [0.15, 0.2) is 30.3 Å². The number of amides is 2. The zero-order valence-electron chi connectivity index (χ0n) is 10.5. The van der Waals surface area contributed by atoms with Crippen LogP contribution in [0.3, 0.4) is 0 Å². The second-order valence-corrected chi connectivity index (χ2v) is 4.11. The van der Waals surface area contributed by atoms with Crippen LogP contribution >= 0.6 is 0 Å². The maximum atomic E-state index is 11.6. The lowest BCUT2D eigenvalue weighted by atomic mass is 10.1. The topological polar surface area (TPSA) is 78.4 Å². The molecule has 1 rings (SSSR count). The van der Waals surface area contributed by atoms with Crippen molar-refractivity contribution in [3.63, 3.8) is 0 Å². The molecule has 0 fully saturated rings. The second-order valence-electron chi connectivity index (χ2n) is 4.11. The summed E-state index contributed by atoms with van der Waals surface area (Å²) in [4.78, 5) is 22.8. The Morgan fingerprint density at radius 3 is 2.33 bits per heavy atom. The van der Waals surface area contributed by atoms with Gasteiger partial charge < -0.3 is 15.7 Å². The summed E-state index contributed by atoms with van der Waals surface area (Å²) in [5.41, 5.74) is 0.546. The molecule has 2 atom stereocenters. The normalized spacial score (nSPS) is 13.4. The molecule has 1 aromatic rings. The summed E-state index contributed by atoms with van der Waals surface area (Å²) in [6.45, 7) is 3.80. The Hall–Kier alpha value is -2.04. The van der Waals surface area contributed by atoms with Crippen molar-refractivity contribution < 1.29 is 14.7 Å². The molecule has 0 aliphatic rings. The highest BCUT2D eigenvalue weighted by Crippen LogP contribution is 2.12. The van der Waals surface area contributed by atoms with Crippen molar-refractivity contribution >= 4 is 12.0 Å². The molecule has 98 valence electrons. The van der Waals surface area contributed by atoms with Gasteiger partial charge in [0.25, 0.3) is 0 Å². The largest absolute Gasteiger partial charge is 0.479 e. The van der Waals surface area contributed by atoms with E-state index in [1.807, 2.05) is 13.8 Å². The highest BCUT2D eigenvalue weighted by atomic mass is 16.4. The second kappa shape index (κ2) is 6.64. The SMILES string of the molecule is CCC(C)NC(=O)NC(C(=O)O)c1ccccc1. The van der Waals surface area contributed by atoms with Crippen LogP contribution in [0.2, 0.25) is 0 Å². The predicted octanol–water partition coefficient (Wildman–Crippen LogP) is 1.91. The zero-order valence-corrected chi connectivity index (χ0v) is 10.5. The van der Waals surface area contributed by atoms with E-state index in [0.717, 1.165) is 6.42 Å². The van der Waals surface area contributed by atoms with Crippen LogP contribution in [0.1, 0.15) is 31.9 Å². The third-order valence-electron chi connectivity index (χ3n) is 2.65. The zero-order chi connectivity index (χ0) is 13.5. The van der Waals surface area contributed by atoms with Crippen molar-refractivity contribution in [1.82, 2.24) is 10.6 Å². The number of carbonyl (C=O) groups is 2. The lowest BCUT2D eigenvalue weighted by Gasteiger charge is -2.17. The Morgan fingerprint density at radius 2 is 1.83 bits per heavy atom. The molecule has 3 N–H and O–H groups in total. The summed E-state index contributed by atoms with van der Waals surface area (Å²) in [5, 5.41) is 14.2. The number of nitrogens with one attached hydrogen (secondary N) is 2. The summed E-state index contributed by atoms with van der Waals surface area (Å²) in [5.74, 6) is -1.08. The number of hydrogen-bond acceptors (Lipinski definition) is 2. The minimum Gasteiger partial charge on any atom is -0.479 e. The summed E-state index contributed by atoms with van der Waals surface area (Å²) in [6, 6.07) is 7.11. The van der Waals surface area contributed by atoms with Crippen LogP contribution in [0.4, 0.5) is 4.79 Å². The Kier molecular flexibility index (Phi) is 5.17. The van der Waals surface area contributed by atoms with Crippen LogP contribution in [-0.2, 0) is 4.79 Å². The first kappa shape index (κ1) is 14.0. The average Bonchev–Trinajstić information content (AvgIpc) is 2.36. The Labute approximate surface area is 106 Å². The summed E-state index contributed by atoms with van der Waals surface area (Å²) in [6.07, 6.45) is 0.788. The van der Waals surface area contributed by atoms with Crippen molar-refractivity contribution in [2.24, 2.45) is 0 Å². The Balaban J connectivity index is 2.71. The van der Waals surface area contributed by atoms with E-state index in [0.29, 0.717) is 5.56 Å². The molecule has 5 heteroatoms. The van der Waals surface area contributed by atoms with Crippen molar-refractivity contribution in [1.29, 1.82) is 0 Å². The van der Waals surface area contributed by atoms with Gasteiger partial charge in [0.1, 0.15) is 0 Å². The van der Waals surface area contributed by atoms with Gasteiger partial charge in [0.15, 0.2) is 6.04 Å². The first-order valence-corrected chi connectivity index (χ1v) is 5.89. The molecule has 0 radical (unpaired) electrons. The fourth-order valence-electron chi connectivity index (χ4n) is 1.43. The van der Waals surface area contributed by atoms with E-state index in [9.17, 15) is 9.59 Å². The first-order valence-electron chi connectivity index (χ1n) is 5.89. The molecule has 1 aromatic carbocycles. The smallest absolute Gasteiger partial charge is 0.330 e. The fraction of sp³-hybridized carbons (Fsp3) is 0.385. The highest BCUT2D eigenvalue weighted by molar-refractivity contribution is 5.83. The molecule has 0 saturated carbocycles. The molecule has 2 amide bonds. The van der Waals surface area contributed by atoms with E-state index in [2.05, 4.69) is 10.6 Å². The number of rotatable bonds is 5. The molecular weight excluding hydrogens is 232 g/mol. The van der Waals surface area contributed by atoms with Gasteiger partial charge in [-0.25, -0.2) is 9.59 Å². The van der Waals surface area contributed by atoms with Crippen LogP contribution < -0.4 is 10.6 Å². The van der Waals surface area contributed by atoms with Gasteiger partial charge >= 0.3 is 12.0 Å². The van der Waals surface area contributed by atoms with Gasteiger partial charge in [-0.15, -0.1) is 0 Å². The first-order chi connectivity index (χ1) is 8.54. The molecule has 0 aliphatic heterocycles. The molecule has 18 heavy (non-hydrogen) atoms. The lowest BCUT2D eigenvalue weighted by Crippen LogP contribution is -2.44. The van der Waals surface area contributed by atoms with Gasteiger partial charge in [0.2, 0.25) is 0 Å². The summed E-state index contributed by atoms with van der Waals surface area (Å²) in [7, 11) is 0. The van der Waals surface area contributed by atoms with E-state index in [1.165, 1.54) is 0 Å². The molecular formula is C13H18N2O3. The quantitative estimate of drug-likeness (QED) is 0.747. The highest BCUT2D eigenvalue weighted by Gasteiger charge is 2.21. The molecule has 0 aromatic heterocycles. The number of carboxylic acids is 1. The standard InChI is InChI=1S/C13H18N2O3/c1-3-9(2)14-13(18)15-11(12(16)17)10-7-5-4-6-8-10/h4-9,11H,3H2,1-2H3,(H,16,17)(H2,14,15,18). The molecule has 0 bridgehead atoms. The lowest BCUT2D eigenvalue weighted by molar-refractivity contribution is -0.139. The number of carbonyl (C=O) groups excluding carboxylic acids is 1. The molecule has 0 saturated heterocycles. The van der Waals surface area contributed by atoms with E-state index >= 15 is 0 Å². The molecule has 2 unspecified atom stereocenters. The van der Waals surface area contributed by atoms with Crippen molar-refractivity contribution in [3.05, 3.63) is 35.9 Å². The maximum Gasteiger partial charge on any atom is 0.330 e. The minimum atomic E-state index is -1.08. The number of carboxylic acid groups (broad SMARTS) is 1. The van der Waals surface area contributed by atoms with Crippen LogP contribution in [0.5, 0.6) is 0 Å². The van der Waals surface area contributed by atoms with Gasteiger partial charge in [-0.2, -0.15) is 0 Å². The minimum absolute atomic E-state index is 0.00946. The van der Waals surface area contributed by atoms with Gasteiger partial charge in [-0.3, -0.25) is 0 Å². The average molecular weight is 250 g/mol. The summed E-state index contributed by atoms with van der Waals surface area (Å²) >= 11 is 0. The number of hydrogen-bond donors (Lipinski definition) is 3.